The van der Waals surface area contributed by atoms with Gasteiger partial charge < -0.3 is 5.32 Å². The molecular weight excluding hydrogens is 428 g/mol. The van der Waals surface area contributed by atoms with Crippen LogP contribution in [0.3, 0.4) is 0 Å². The summed E-state index contributed by atoms with van der Waals surface area (Å²) in [7, 11) is -6.80. The first-order valence-corrected chi connectivity index (χ1v) is 13.0. The van der Waals surface area contributed by atoms with Gasteiger partial charge in [0.15, 0.2) is 9.84 Å². The molecule has 2 heterocycles. The highest BCUT2D eigenvalue weighted by Gasteiger charge is 2.31. The van der Waals surface area contributed by atoms with Crippen molar-refractivity contribution in [3.8, 4) is 0 Å². The zero-order valence-electron chi connectivity index (χ0n) is 17.2. The number of nitrogens with one attached hydrogen (secondary N) is 1. The summed E-state index contributed by atoms with van der Waals surface area (Å²) in [5.41, 5.74) is 0.833. The summed E-state index contributed by atoms with van der Waals surface area (Å²) in [6.45, 7) is 5.93. The number of rotatable bonds is 7. The molecule has 9 nitrogen and oxygen atoms in total. The Labute approximate surface area is 177 Å². The van der Waals surface area contributed by atoms with Crippen LogP contribution < -0.4 is 5.32 Å². The summed E-state index contributed by atoms with van der Waals surface area (Å²) in [5, 5.41) is 7.09. The Kier molecular flexibility index (Phi) is 6.34. The lowest BCUT2D eigenvalue weighted by molar-refractivity contribution is 0.102. The number of amides is 1. The Hall–Kier alpha value is -2.24. The first-order valence-electron chi connectivity index (χ1n) is 9.75. The second-order valence-electron chi connectivity index (χ2n) is 7.24. The van der Waals surface area contributed by atoms with Crippen molar-refractivity contribution in [3.63, 3.8) is 0 Å². The maximum atomic E-state index is 12.8. The molecule has 1 aliphatic rings. The molecular formula is C19H26N4O5S2. The number of sulfonamides is 1. The minimum Gasteiger partial charge on any atom is -0.307 e. The summed E-state index contributed by atoms with van der Waals surface area (Å²) in [4.78, 5) is 12.9. The molecule has 164 valence electrons. The lowest BCUT2D eigenvalue weighted by Gasteiger charge is -2.19. The number of nitrogens with zero attached hydrogens (tertiary/aromatic N) is 3. The molecule has 1 fully saturated rings. The van der Waals surface area contributed by atoms with Gasteiger partial charge in [-0.05, 0) is 31.5 Å². The molecule has 30 heavy (non-hydrogen) atoms. The summed E-state index contributed by atoms with van der Waals surface area (Å²) in [6.07, 6.45) is 0.434. The third kappa shape index (κ3) is 4.57. The third-order valence-electron chi connectivity index (χ3n) is 5.09. The molecule has 0 bridgehead atoms. The minimum absolute atomic E-state index is 0.0193. The smallest absolute Gasteiger partial charge is 0.256 e. The summed E-state index contributed by atoms with van der Waals surface area (Å²) in [5.74, 6) is -0.0331. The van der Waals surface area contributed by atoms with Gasteiger partial charge in [-0.2, -0.15) is 9.40 Å². The summed E-state index contributed by atoms with van der Waals surface area (Å²) < 4.78 is 52.0. The predicted molar refractivity (Wildman–Crippen MR) is 114 cm³/mol. The van der Waals surface area contributed by atoms with E-state index in [4.69, 9.17) is 0 Å². The van der Waals surface area contributed by atoms with E-state index in [9.17, 15) is 21.6 Å². The maximum Gasteiger partial charge on any atom is 0.256 e. The Bertz CT molecular complexity index is 1150. The highest BCUT2D eigenvalue weighted by molar-refractivity contribution is 7.91. The molecule has 1 saturated heterocycles. The number of aryl methyl sites for hydroxylation is 1. The van der Waals surface area contributed by atoms with E-state index in [0.29, 0.717) is 31.0 Å². The first kappa shape index (κ1) is 22.4. The van der Waals surface area contributed by atoms with Crippen LogP contribution in [0.15, 0.2) is 35.2 Å². The van der Waals surface area contributed by atoms with Crippen LogP contribution in [0.1, 0.15) is 42.4 Å². The van der Waals surface area contributed by atoms with E-state index in [0.717, 1.165) is 0 Å². The van der Waals surface area contributed by atoms with E-state index in [1.54, 1.807) is 26.8 Å². The molecule has 0 saturated carbocycles. The molecule has 1 unspecified atom stereocenters. The lowest BCUT2D eigenvalue weighted by atomic mass is 10.2. The van der Waals surface area contributed by atoms with Crippen LogP contribution in [-0.2, 0) is 19.9 Å². The number of sulfone groups is 1. The van der Waals surface area contributed by atoms with Crippen LogP contribution in [0.2, 0.25) is 0 Å². The molecule has 0 aliphatic carbocycles. The number of carbonyl (C=O) groups is 1. The fourth-order valence-electron chi connectivity index (χ4n) is 3.56. The third-order valence-corrected chi connectivity index (χ3v) is 8.89. The molecule has 0 radical (unpaired) electrons. The topological polar surface area (TPSA) is 118 Å². The SMILES string of the molecule is CCN(CC)S(=O)(=O)c1cccc(C(=O)Nc2cc(C)nn2C2CCS(=O)(=O)C2)c1. The van der Waals surface area contributed by atoms with Crippen molar-refractivity contribution in [2.45, 2.75) is 38.1 Å². The van der Waals surface area contributed by atoms with Crippen molar-refractivity contribution < 1.29 is 21.6 Å². The summed E-state index contributed by atoms with van der Waals surface area (Å²) in [6, 6.07) is 7.19. The Morgan fingerprint density at radius 3 is 2.57 bits per heavy atom. The van der Waals surface area contributed by atoms with Crippen molar-refractivity contribution in [2.24, 2.45) is 0 Å². The molecule has 2 aromatic rings. The molecule has 1 aliphatic heterocycles. The number of aromatic nitrogens is 2. The van der Waals surface area contributed by atoms with Gasteiger partial charge in [-0.25, -0.2) is 21.5 Å². The van der Waals surface area contributed by atoms with Gasteiger partial charge in [0.1, 0.15) is 5.82 Å². The molecule has 0 spiro atoms. The standard InChI is InChI=1S/C19H26N4O5S2/c1-4-22(5-2)30(27,28)17-8-6-7-15(12-17)19(24)20-18-11-14(3)21-23(18)16-9-10-29(25,26)13-16/h6-8,11-12,16H,4-5,9-10,13H2,1-3H3,(H,20,24). The monoisotopic (exact) mass is 454 g/mol. The molecule has 1 aromatic carbocycles. The zero-order chi connectivity index (χ0) is 22.1. The van der Waals surface area contributed by atoms with Crippen LogP contribution in [0.5, 0.6) is 0 Å². The van der Waals surface area contributed by atoms with Crippen LogP contribution in [0.25, 0.3) is 0 Å². The first-order chi connectivity index (χ1) is 14.1. The van der Waals surface area contributed by atoms with Gasteiger partial charge in [0.2, 0.25) is 10.0 Å². The van der Waals surface area contributed by atoms with Crippen molar-refractivity contribution >= 4 is 31.6 Å². The van der Waals surface area contributed by atoms with E-state index in [1.807, 2.05) is 0 Å². The van der Waals surface area contributed by atoms with E-state index >= 15 is 0 Å². The van der Waals surface area contributed by atoms with Crippen LogP contribution in [0.4, 0.5) is 5.82 Å². The Morgan fingerprint density at radius 2 is 1.97 bits per heavy atom. The van der Waals surface area contributed by atoms with Crippen LogP contribution in [0, 0.1) is 6.92 Å². The number of benzene rings is 1. The minimum atomic E-state index is -3.69. The summed E-state index contributed by atoms with van der Waals surface area (Å²) >= 11 is 0. The molecule has 11 heteroatoms. The average Bonchev–Trinajstić information content (AvgIpc) is 3.24. The van der Waals surface area contributed by atoms with Gasteiger partial charge in [-0.15, -0.1) is 0 Å². The van der Waals surface area contributed by atoms with Gasteiger partial charge in [-0.3, -0.25) is 4.79 Å². The fourth-order valence-corrected chi connectivity index (χ4v) is 6.75. The van der Waals surface area contributed by atoms with Crippen molar-refractivity contribution in [1.29, 1.82) is 0 Å². The average molecular weight is 455 g/mol. The van der Waals surface area contributed by atoms with Gasteiger partial charge in [0.25, 0.3) is 5.91 Å². The van der Waals surface area contributed by atoms with Crippen molar-refractivity contribution in [3.05, 3.63) is 41.6 Å². The zero-order valence-corrected chi connectivity index (χ0v) is 18.8. The van der Waals surface area contributed by atoms with Gasteiger partial charge in [-0.1, -0.05) is 19.9 Å². The Balaban J connectivity index is 1.86. The number of hydrogen-bond acceptors (Lipinski definition) is 6. The van der Waals surface area contributed by atoms with E-state index in [2.05, 4.69) is 10.4 Å². The second kappa shape index (κ2) is 8.48. The van der Waals surface area contributed by atoms with Gasteiger partial charge in [0, 0.05) is 24.7 Å². The lowest BCUT2D eigenvalue weighted by Crippen LogP contribution is -2.30. The normalized spacial score (nSPS) is 18.6. The highest BCUT2D eigenvalue weighted by Crippen LogP contribution is 2.27. The molecule has 1 atom stereocenters. The molecule has 1 N–H and O–H groups in total. The van der Waals surface area contributed by atoms with E-state index < -0.39 is 25.8 Å². The van der Waals surface area contributed by atoms with E-state index in [-0.39, 0.29) is 28.0 Å². The molecule has 1 amide bonds. The number of anilines is 1. The Morgan fingerprint density at radius 1 is 1.27 bits per heavy atom. The van der Waals surface area contributed by atoms with Crippen molar-refractivity contribution in [2.75, 3.05) is 29.9 Å². The molecule has 3 rings (SSSR count). The fraction of sp³-hybridized carbons (Fsp3) is 0.474. The van der Waals surface area contributed by atoms with Gasteiger partial charge in [0.05, 0.1) is 28.1 Å². The van der Waals surface area contributed by atoms with Crippen molar-refractivity contribution in [1.82, 2.24) is 14.1 Å². The number of carbonyl (C=O) groups excluding carboxylic acids is 1. The second-order valence-corrected chi connectivity index (χ2v) is 11.4. The van der Waals surface area contributed by atoms with Crippen LogP contribution in [-0.4, -0.2) is 61.4 Å². The highest BCUT2D eigenvalue weighted by atomic mass is 32.2. The van der Waals surface area contributed by atoms with Gasteiger partial charge >= 0.3 is 0 Å². The number of hydrogen-bond donors (Lipinski definition) is 1. The largest absolute Gasteiger partial charge is 0.307 e. The predicted octanol–water partition coefficient (Wildman–Crippen LogP) is 1.83. The maximum absolute atomic E-state index is 12.8. The molecule has 1 aromatic heterocycles. The van der Waals surface area contributed by atoms with E-state index in [1.165, 1.54) is 33.3 Å². The van der Waals surface area contributed by atoms with Crippen LogP contribution >= 0.6 is 0 Å². The quantitative estimate of drug-likeness (QED) is 0.682.